The van der Waals surface area contributed by atoms with E-state index in [9.17, 15) is 5.11 Å². The molecule has 0 rings (SSSR count). The van der Waals surface area contributed by atoms with Gasteiger partial charge < -0.3 is 20.0 Å². The van der Waals surface area contributed by atoms with Gasteiger partial charge in [0.25, 0.3) is 0 Å². The molecule has 0 saturated heterocycles. The smallest absolute Gasteiger partial charge is 0.144 e. The predicted molar refractivity (Wildman–Crippen MR) is 64.5 cm³/mol. The standard InChI is InChI=1S/C11H24N2O3/c1-4-13(5-2)8-11(15)9-16-12-7-6-10(3)14/h7,10-11,14-15H,4-6,8-9H2,1-3H3/b12-7+. The first-order valence-corrected chi connectivity index (χ1v) is 5.82. The first-order chi connectivity index (χ1) is 7.60. The van der Waals surface area contributed by atoms with Crippen LogP contribution in [-0.2, 0) is 4.84 Å². The van der Waals surface area contributed by atoms with Crippen LogP contribution in [0, 0.1) is 0 Å². The van der Waals surface area contributed by atoms with Crippen LogP contribution in [0.3, 0.4) is 0 Å². The molecule has 0 spiro atoms. The molecular formula is C11H24N2O3. The number of hydrogen-bond donors (Lipinski definition) is 2. The van der Waals surface area contributed by atoms with Crippen molar-refractivity contribution in [2.24, 2.45) is 5.16 Å². The molecule has 0 heterocycles. The minimum Gasteiger partial charge on any atom is -0.393 e. The molecule has 0 fully saturated rings. The SMILES string of the molecule is CCN(CC)CC(O)CO/N=C/CC(C)O. The van der Waals surface area contributed by atoms with Crippen LogP contribution < -0.4 is 0 Å². The molecule has 0 bridgehead atoms. The normalized spacial score (nSPS) is 15.6. The van der Waals surface area contributed by atoms with Crippen molar-refractivity contribution in [3.63, 3.8) is 0 Å². The van der Waals surface area contributed by atoms with Crippen molar-refractivity contribution in [1.82, 2.24) is 4.90 Å². The average molecular weight is 232 g/mol. The third-order valence-corrected chi connectivity index (χ3v) is 2.23. The second-order valence-electron chi connectivity index (χ2n) is 3.81. The number of likely N-dealkylation sites (N-methyl/N-ethyl adjacent to an activating group) is 1. The highest BCUT2D eigenvalue weighted by atomic mass is 16.6. The molecule has 2 unspecified atom stereocenters. The minimum atomic E-state index is -0.524. The van der Waals surface area contributed by atoms with E-state index in [4.69, 9.17) is 9.94 Å². The highest BCUT2D eigenvalue weighted by molar-refractivity contribution is 5.56. The highest BCUT2D eigenvalue weighted by Crippen LogP contribution is 1.94. The lowest BCUT2D eigenvalue weighted by atomic mass is 10.3. The molecule has 0 radical (unpaired) electrons. The van der Waals surface area contributed by atoms with Gasteiger partial charge in [-0.15, -0.1) is 0 Å². The Balaban J connectivity index is 3.56. The summed E-state index contributed by atoms with van der Waals surface area (Å²) in [5, 5.41) is 22.2. The zero-order valence-electron chi connectivity index (χ0n) is 10.5. The van der Waals surface area contributed by atoms with Gasteiger partial charge in [-0.2, -0.15) is 0 Å². The second-order valence-corrected chi connectivity index (χ2v) is 3.81. The van der Waals surface area contributed by atoms with E-state index in [0.717, 1.165) is 13.1 Å². The summed E-state index contributed by atoms with van der Waals surface area (Å²) in [6.45, 7) is 8.40. The van der Waals surface area contributed by atoms with Crippen LogP contribution in [0.5, 0.6) is 0 Å². The van der Waals surface area contributed by atoms with Gasteiger partial charge in [0.15, 0.2) is 0 Å². The van der Waals surface area contributed by atoms with Crippen molar-refractivity contribution in [2.75, 3.05) is 26.2 Å². The van der Waals surface area contributed by atoms with Crippen molar-refractivity contribution < 1.29 is 15.1 Å². The van der Waals surface area contributed by atoms with Gasteiger partial charge in [-0.25, -0.2) is 0 Å². The lowest BCUT2D eigenvalue weighted by molar-refractivity contribution is 0.0209. The Morgan fingerprint density at radius 3 is 2.44 bits per heavy atom. The molecular weight excluding hydrogens is 208 g/mol. The van der Waals surface area contributed by atoms with Crippen molar-refractivity contribution in [3.05, 3.63) is 0 Å². The minimum absolute atomic E-state index is 0.187. The van der Waals surface area contributed by atoms with Crippen LogP contribution in [0.2, 0.25) is 0 Å². The van der Waals surface area contributed by atoms with Crippen molar-refractivity contribution in [2.45, 2.75) is 39.4 Å². The van der Waals surface area contributed by atoms with Gasteiger partial charge in [0.2, 0.25) is 0 Å². The lowest BCUT2D eigenvalue weighted by Crippen LogP contribution is -2.34. The maximum atomic E-state index is 9.60. The zero-order valence-corrected chi connectivity index (χ0v) is 10.5. The Morgan fingerprint density at radius 1 is 1.31 bits per heavy atom. The van der Waals surface area contributed by atoms with Crippen LogP contribution >= 0.6 is 0 Å². The fraction of sp³-hybridized carbons (Fsp3) is 0.909. The average Bonchev–Trinajstić information content (AvgIpc) is 2.25. The number of oxime groups is 1. The second kappa shape index (κ2) is 9.57. The van der Waals surface area contributed by atoms with Crippen molar-refractivity contribution >= 4 is 6.21 Å². The Morgan fingerprint density at radius 2 is 1.94 bits per heavy atom. The Kier molecular flexibility index (Phi) is 9.18. The monoisotopic (exact) mass is 232 g/mol. The van der Waals surface area contributed by atoms with Gasteiger partial charge in [0.1, 0.15) is 12.7 Å². The van der Waals surface area contributed by atoms with E-state index in [1.807, 2.05) is 0 Å². The van der Waals surface area contributed by atoms with E-state index < -0.39 is 12.2 Å². The number of rotatable bonds is 9. The largest absolute Gasteiger partial charge is 0.393 e. The number of aliphatic hydroxyl groups excluding tert-OH is 2. The van der Waals surface area contributed by atoms with Crippen molar-refractivity contribution in [1.29, 1.82) is 0 Å². The van der Waals surface area contributed by atoms with Gasteiger partial charge in [-0.05, 0) is 20.0 Å². The third kappa shape index (κ3) is 8.64. The molecule has 0 aromatic carbocycles. The molecule has 16 heavy (non-hydrogen) atoms. The molecule has 0 saturated carbocycles. The van der Waals surface area contributed by atoms with Gasteiger partial charge in [-0.3, -0.25) is 0 Å². The van der Waals surface area contributed by atoms with Gasteiger partial charge in [-0.1, -0.05) is 19.0 Å². The van der Waals surface area contributed by atoms with E-state index in [-0.39, 0.29) is 6.61 Å². The Bertz CT molecular complexity index is 182. The van der Waals surface area contributed by atoms with E-state index in [0.29, 0.717) is 13.0 Å². The van der Waals surface area contributed by atoms with Crippen LogP contribution in [0.15, 0.2) is 5.16 Å². The number of aliphatic hydroxyl groups is 2. The van der Waals surface area contributed by atoms with Crippen LogP contribution in [-0.4, -0.2) is 59.8 Å². The molecule has 0 aliphatic rings. The van der Waals surface area contributed by atoms with Gasteiger partial charge in [0, 0.05) is 19.2 Å². The zero-order chi connectivity index (χ0) is 12.4. The first kappa shape index (κ1) is 15.3. The maximum absolute atomic E-state index is 9.60. The summed E-state index contributed by atoms with van der Waals surface area (Å²) in [6, 6.07) is 0. The lowest BCUT2D eigenvalue weighted by Gasteiger charge is -2.20. The Hall–Kier alpha value is -0.650. The van der Waals surface area contributed by atoms with Crippen LogP contribution in [0.4, 0.5) is 0 Å². The molecule has 96 valence electrons. The summed E-state index contributed by atoms with van der Waals surface area (Å²) in [7, 11) is 0. The summed E-state index contributed by atoms with van der Waals surface area (Å²) in [6.07, 6.45) is 1.04. The summed E-state index contributed by atoms with van der Waals surface area (Å²) in [5.41, 5.74) is 0. The fourth-order valence-corrected chi connectivity index (χ4v) is 1.21. The van der Waals surface area contributed by atoms with Crippen LogP contribution in [0.25, 0.3) is 0 Å². The topological polar surface area (TPSA) is 65.3 Å². The summed E-state index contributed by atoms with van der Waals surface area (Å²) in [4.78, 5) is 7.04. The van der Waals surface area contributed by atoms with Crippen LogP contribution in [0.1, 0.15) is 27.2 Å². The quantitative estimate of drug-likeness (QED) is 0.448. The molecule has 2 N–H and O–H groups in total. The molecule has 5 heteroatoms. The predicted octanol–water partition coefficient (Wildman–Crippen LogP) is 0.462. The summed E-state index contributed by atoms with van der Waals surface area (Å²) < 4.78 is 0. The van der Waals surface area contributed by atoms with E-state index in [1.165, 1.54) is 6.21 Å². The highest BCUT2D eigenvalue weighted by Gasteiger charge is 2.08. The Labute approximate surface area is 97.7 Å². The van der Waals surface area contributed by atoms with Gasteiger partial charge >= 0.3 is 0 Å². The molecule has 2 atom stereocenters. The molecule has 0 aliphatic heterocycles. The molecule has 5 nitrogen and oxygen atoms in total. The van der Waals surface area contributed by atoms with Gasteiger partial charge in [0.05, 0.1) is 6.10 Å². The molecule has 0 aromatic rings. The number of hydrogen-bond acceptors (Lipinski definition) is 5. The van der Waals surface area contributed by atoms with E-state index in [1.54, 1.807) is 6.92 Å². The number of nitrogens with zero attached hydrogens (tertiary/aromatic N) is 2. The molecule has 0 amide bonds. The van der Waals surface area contributed by atoms with Crippen molar-refractivity contribution in [3.8, 4) is 0 Å². The molecule has 0 aromatic heterocycles. The fourth-order valence-electron chi connectivity index (χ4n) is 1.21. The third-order valence-electron chi connectivity index (χ3n) is 2.23. The van der Waals surface area contributed by atoms with E-state index in [2.05, 4.69) is 23.9 Å². The summed E-state index contributed by atoms with van der Waals surface area (Å²) in [5.74, 6) is 0. The molecule has 0 aliphatic carbocycles. The summed E-state index contributed by atoms with van der Waals surface area (Å²) >= 11 is 0. The first-order valence-electron chi connectivity index (χ1n) is 5.82. The maximum Gasteiger partial charge on any atom is 0.144 e. The van der Waals surface area contributed by atoms with E-state index >= 15 is 0 Å².